The predicted octanol–water partition coefficient (Wildman–Crippen LogP) is 18.5. The van der Waals surface area contributed by atoms with E-state index in [0.717, 1.165) is 32.1 Å². The number of anilines is 2. The van der Waals surface area contributed by atoms with Crippen molar-refractivity contribution in [3.8, 4) is 57.5 Å². The highest BCUT2D eigenvalue weighted by molar-refractivity contribution is 6.45. The summed E-state index contributed by atoms with van der Waals surface area (Å²) in [6, 6.07) is 40.4. The van der Waals surface area contributed by atoms with Crippen molar-refractivity contribution in [2.24, 2.45) is 0 Å². The predicted molar refractivity (Wildman–Crippen MR) is 414 cm³/mol. The van der Waals surface area contributed by atoms with Crippen molar-refractivity contribution in [1.82, 2.24) is 19.8 Å². The van der Waals surface area contributed by atoms with E-state index in [1.807, 2.05) is 97.1 Å². The summed E-state index contributed by atoms with van der Waals surface area (Å²) in [5, 5.41) is 7.80. The van der Waals surface area contributed by atoms with Crippen molar-refractivity contribution in [3.05, 3.63) is 202 Å². The van der Waals surface area contributed by atoms with Crippen LogP contribution in [-0.4, -0.2) is 106 Å². The van der Waals surface area contributed by atoms with Crippen LogP contribution in [0.2, 0.25) is 0 Å². The number of carbonyl (C=O) groups is 6. The molecule has 6 amide bonds. The van der Waals surface area contributed by atoms with Crippen molar-refractivity contribution in [3.63, 3.8) is 0 Å². The largest absolute Gasteiger partial charge is 0.491 e. The molecule has 0 radical (unpaired) electrons. The van der Waals surface area contributed by atoms with Gasteiger partial charge in [-0.2, -0.15) is 0 Å². The minimum Gasteiger partial charge on any atom is -0.491 e. The van der Waals surface area contributed by atoms with Crippen molar-refractivity contribution in [2.75, 3.05) is 37.1 Å². The number of rotatable bonds is 22. The number of benzene rings is 9. The fourth-order valence-electron chi connectivity index (χ4n) is 14.3. The molecule has 108 heavy (non-hydrogen) atoms. The van der Waals surface area contributed by atoms with Gasteiger partial charge < -0.3 is 48.5 Å². The molecule has 0 saturated carbocycles. The maximum atomic E-state index is 16.4. The minimum atomic E-state index is -1.41. The van der Waals surface area contributed by atoms with Gasteiger partial charge in [-0.15, -0.1) is 0 Å². The van der Waals surface area contributed by atoms with Crippen molar-refractivity contribution < 1.29 is 66.7 Å². The fourth-order valence-corrected chi connectivity index (χ4v) is 14.3. The molecule has 2 N–H and O–H groups in total. The molecular formula is C88H86N6O14. The average Bonchev–Trinajstić information content (AvgIpc) is 1.01. The van der Waals surface area contributed by atoms with Crippen LogP contribution < -0.4 is 39.1 Å². The molecule has 4 aliphatic heterocycles. The number of nitrogens with zero attached hydrogens (tertiary/aromatic N) is 4. The Kier molecular flexibility index (Phi) is 18.3. The van der Waals surface area contributed by atoms with Crippen LogP contribution in [0.4, 0.5) is 11.6 Å². The molecule has 6 heterocycles. The molecule has 4 atom stereocenters. The van der Waals surface area contributed by atoms with E-state index in [2.05, 4.69) is 104 Å². The number of carbonyl (C=O) groups excluding carboxylic acids is 6. The van der Waals surface area contributed by atoms with Crippen LogP contribution in [-0.2, 0) is 40.7 Å². The Morgan fingerprint density at radius 2 is 0.648 bits per heavy atom. The normalized spacial score (nSPS) is 16.3. The van der Waals surface area contributed by atoms with Gasteiger partial charge in [-0.1, -0.05) is 145 Å². The second-order valence-corrected chi connectivity index (χ2v) is 32.3. The van der Waals surface area contributed by atoms with Gasteiger partial charge in [0.2, 0.25) is 11.8 Å². The first-order chi connectivity index (χ1) is 51.4. The maximum Gasteiger partial charge on any atom is 0.262 e. The molecule has 15 rings (SSSR count). The van der Waals surface area contributed by atoms with Gasteiger partial charge in [0.1, 0.15) is 107 Å². The molecule has 2 fully saturated rings. The van der Waals surface area contributed by atoms with E-state index in [1.165, 1.54) is 12.4 Å². The molecule has 9 aromatic carbocycles. The molecule has 20 heteroatoms. The first-order valence-electron chi connectivity index (χ1n) is 36.7. The van der Waals surface area contributed by atoms with Crippen LogP contribution in [0.25, 0.3) is 43.1 Å². The van der Waals surface area contributed by atoms with E-state index >= 15 is 28.8 Å². The van der Waals surface area contributed by atoms with Crippen LogP contribution in [0.3, 0.4) is 0 Å². The van der Waals surface area contributed by atoms with Crippen LogP contribution in [0.1, 0.15) is 173 Å². The first-order valence-corrected chi connectivity index (χ1v) is 36.7. The number of amides is 6. The third kappa shape index (κ3) is 13.8. The summed E-state index contributed by atoms with van der Waals surface area (Å²) < 4.78 is 52.0. The van der Waals surface area contributed by atoms with E-state index in [0.29, 0.717) is 60.9 Å². The van der Waals surface area contributed by atoms with Gasteiger partial charge in [0.05, 0.1) is 35.5 Å². The molecule has 2 aromatic heterocycles. The summed E-state index contributed by atoms with van der Waals surface area (Å²) >= 11 is 0. The molecule has 0 spiro atoms. The van der Waals surface area contributed by atoms with Crippen molar-refractivity contribution >= 4 is 90.2 Å². The summed E-state index contributed by atoms with van der Waals surface area (Å²) in [6.45, 7) is 30.4. The smallest absolute Gasteiger partial charge is 0.262 e. The fraction of sp³-hybridized carbons (Fsp3) is 0.318. The number of nitrogens with one attached hydrogen (secondary N) is 2. The lowest BCUT2D eigenvalue weighted by atomic mass is 9.80. The lowest BCUT2D eigenvalue weighted by molar-refractivity contribution is -0.120. The van der Waals surface area contributed by atoms with E-state index in [1.54, 1.807) is 62.4 Å². The van der Waals surface area contributed by atoms with Crippen LogP contribution in [0.5, 0.6) is 57.5 Å². The molecule has 20 nitrogen and oxygen atoms in total. The van der Waals surface area contributed by atoms with Gasteiger partial charge in [-0.25, -0.2) is 9.97 Å². The standard InChI is InChI=1S/C88H86N6O14/c1-15-63(79(95)91-69-37-55(33-35-89-69)101-43-57-45-103-57)93-81(97)59-39-65(105-51-25-17-47(18-26-51)85(3,4)5)73-75-67(107-53-29-21-49(22-30-53)87(9,10)11)41-61-72-62(84(100)94(83(61)99)64(16-2)80(96)92-70-38-56(34-36-90-70)102-44-58-46-104-58)42-68(108-54-31-23-50(24-32-54)88(12,13)14)76(78(72)75)74-66(40-60(82(93)98)71(59)77(73)74)106-52-27-19-48(20-28-52)86(6,7)8/h17-42,57-58,63-64H,15-16,43-46H2,1-14H3,(H,89,91,95)(H,90,92,96). The van der Waals surface area contributed by atoms with Crippen LogP contribution in [0.15, 0.2) is 158 Å². The quantitative estimate of drug-likeness (QED) is 0.0277. The lowest BCUT2D eigenvalue weighted by Gasteiger charge is -2.35. The third-order valence-electron chi connectivity index (χ3n) is 20.4. The monoisotopic (exact) mass is 1450 g/mol. The number of fused-ring (bicyclic) bond motifs is 2. The number of pyridine rings is 2. The number of ether oxygens (including phenoxy) is 8. The summed E-state index contributed by atoms with van der Waals surface area (Å²) in [5.41, 5.74) is 2.94. The SMILES string of the molecule is CCC(C(=O)Nc1cc(OCC2CO2)ccn1)N1C(=O)c2cc(Oc3ccc(C(C)(C)C)cc3)c3c4c(Oc5ccc(C(C)(C)C)cc5)cc5c6c(cc(Oc7ccc(C(C)(C)C)cc7)c(c7c(Oc8ccc(C(C)(C)C)cc8)cc(c2c37)C1=O)c64)C(=O)N(C(CC)C(=O)Nc1cc(OCC2CO2)ccn1)C5=O. The van der Waals surface area contributed by atoms with E-state index in [4.69, 9.17) is 37.9 Å². The number of hydrogen-bond acceptors (Lipinski definition) is 16. The molecule has 552 valence electrons. The van der Waals surface area contributed by atoms with E-state index in [9.17, 15) is 0 Å². The highest BCUT2D eigenvalue weighted by Gasteiger charge is 2.46. The first kappa shape index (κ1) is 72.1. The highest BCUT2D eigenvalue weighted by atomic mass is 16.6. The number of imide groups is 2. The van der Waals surface area contributed by atoms with E-state index < -0.39 is 47.5 Å². The van der Waals surface area contributed by atoms with Crippen LogP contribution >= 0.6 is 0 Å². The van der Waals surface area contributed by atoms with Crippen molar-refractivity contribution in [2.45, 2.75) is 156 Å². The topological polar surface area (TPSA) is 239 Å². The second kappa shape index (κ2) is 27.4. The van der Waals surface area contributed by atoms with Gasteiger partial charge in [-0.05, 0) is 142 Å². The van der Waals surface area contributed by atoms with Gasteiger partial charge in [0.25, 0.3) is 23.6 Å². The molecule has 0 bridgehead atoms. The van der Waals surface area contributed by atoms with Gasteiger partial charge in [0, 0.05) is 67.6 Å². The Labute approximate surface area is 626 Å². The zero-order valence-corrected chi connectivity index (χ0v) is 63.1. The molecule has 0 aliphatic carbocycles. The lowest BCUT2D eigenvalue weighted by Crippen LogP contribution is -2.52. The number of hydrogen-bond donors (Lipinski definition) is 2. The molecule has 11 aromatic rings. The summed E-state index contributed by atoms with van der Waals surface area (Å²) in [5.74, 6) is -1.78. The number of epoxide rings is 2. The zero-order chi connectivity index (χ0) is 76.2. The van der Waals surface area contributed by atoms with Gasteiger partial charge >= 0.3 is 0 Å². The molecule has 4 aliphatic rings. The van der Waals surface area contributed by atoms with Crippen LogP contribution in [0, 0.1) is 0 Å². The molecular weight excluding hydrogens is 1360 g/mol. The maximum absolute atomic E-state index is 16.4. The van der Waals surface area contributed by atoms with Crippen molar-refractivity contribution in [1.29, 1.82) is 0 Å². The summed E-state index contributed by atoms with van der Waals surface area (Å²) in [6.07, 6.45) is 2.85. The highest BCUT2D eigenvalue weighted by Crippen LogP contribution is 2.58. The Morgan fingerprint density at radius 1 is 0.389 bits per heavy atom. The summed E-state index contributed by atoms with van der Waals surface area (Å²) in [4.78, 5) is 106. The minimum absolute atomic E-state index is 0.00391. The second-order valence-electron chi connectivity index (χ2n) is 32.3. The summed E-state index contributed by atoms with van der Waals surface area (Å²) in [7, 11) is 0. The Hall–Kier alpha value is -11.5. The Balaban J connectivity index is 1.03. The average molecular weight is 1450 g/mol. The Morgan fingerprint density at radius 3 is 0.880 bits per heavy atom. The Bertz CT molecular complexity index is 4860. The zero-order valence-electron chi connectivity index (χ0n) is 63.1. The van der Waals surface area contributed by atoms with Gasteiger partial charge in [-0.3, -0.25) is 38.6 Å². The molecule has 4 unspecified atom stereocenters. The van der Waals surface area contributed by atoms with Gasteiger partial charge in [0.15, 0.2) is 0 Å². The third-order valence-corrected chi connectivity index (χ3v) is 20.4. The number of aromatic nitrogens is 2. The molecule has 2 saturated heterocycles. The van der Waals surface area contributed by atoms with E-state index in [-0.39, 0.29) is 147 Å².